The van der Waals surface area contributed by atoms with E-state index in [0.717, 1.165) is 13.1 Å². The quantitative estimate of drug-likeness (QED) is 0.564. The van der Waals surface area contributed by atoms with E-state index in [2.05, 4.69) is 10.6 Å². The van der Waals surface area contributed by atoms with Gasteiger partial charge in [0.15, 0.2) is 0 Å². The summed E-state index contributed by atoms with van der Waals surface area (Å²) in [5.74, 6) is 0. The Morgan fingerprint density at radius 2 is 1.20 bits per heavy atom. The van der Waals surface area contributed by atoms with Crippen molar-refractivity contribution >= 4 is 6.79 Å². The summed E-state index contributed by atoms with van der Waals surface area (Å²) < 4.78 is 0. The van der Waals surface area contributed by atoms with E-state index in [1.54, 1.807) is 0 Å². The summed E-state index contributed by atoms with van der Waals surface area (Å²) in [5.41, 5.74) is 0. The molecular formula is C7H20N2O. The Balaban J connectivity index is -0.000000105. The molecule has 0 aromatic heterocycles. The highest BCUT2D eigenvalue weighted by atomic mass is 16.1. The minimum atomic E-state index is 1.05. The van der Waals surface area contributed by atoms with Crippen LogP contribution < -0.4 is 10.6 Å². The maximum atomic E-state index is 8.00. The lowest BCUT2D eigenvalue weighted by molar-refractivity contribution is -0.0979. The van der Waals surface area contributed by atoms with Crippen molar-refractivity contribution in [1.82, 2.24) is 10.6 Å². The average Bonchev–Trinajstić information content (AvgIpc) is 2.08. The van der Waals surface area contributed by atoms with Crippen molar-refractivity contribution in [2.45, 2.75) is 13.8 Å². The highest BCUT2D eigenvalue weighted by molar-refractivity contribution is 5.10. The molecule has 0 heterocycles. The number of carbonyl (C=O) groups is 1. The van der Waals surface area contributed by atoms with Crippen molar-refractivity contribution in [3.8, 4) is 0 Å². The van der Waals surface area contributed by atoms with Crippen LogP contribution in [-0.4, -0.2) is 34.0 Å². The summed E-state index contributed by atoms with van der Waals surface area (Å²) in [6.07, 6.45) is 0. The molecule has 0 spiro atoms. The Bertz CT molecular complexity index is 30.8. The molecule has 0 aliphatic rings. The van der Waals surface area contributed by atoms with E-state index in [9.17, 15) is 0 Å². The fraction of sp³-hybridized carbons (Fsp3) is 0.857. The molecule has 0 saturated heterocycles. The summed E-state index contributed by atoms with van der Waals surface area (Å²) in [5, 5.41) is 6.01. The molecule has 3 nitrogen and oxygen atoms in total. The second kappa shape index (κ2) is 38.4. The first-order chi connectivity index (χ1) is 4.91. The van der Waals surface area contributed by atoms with Gasteiger partial charge in [-0.25, -0.2) is 0 Å². The van der Waals surface area contributed by atoms with Crippen molar-refractivity contribution in [2.24, 2.45) is 0 Å². The molecule has 0 unspecified atom stereocenters. The zero-order valence-electron chi connectivity index (χ0n) is 7.53. The van der Waals surface area contributed by atoms with Gasteiger partial charge in [0.1, 0.15) is 6.79 Å². The molecule has 0 aliphatic heterocycles. The van der Waals surface area contributed by atoms with Crippen molar-refractivity contribution in [3.05, 3.63) is 0 Å². The molecule has 2 N–H and O–H groups in total. The summed E-state index contributed by atoms with van der Waals surface area (Å²) >= 11 is 0. The van der Waals surface area contributed by atoms with Crippen LogP contribution >= 0.6 is 0 Å². The van der Waals surface area contributed by atoms with Crippen LogP contribution in [0, 0.1) is 0 Å². The van der Waals surface area contributed by atoms with Crippen molar-refractivity contribution in [1.29, 1.82) is 0 Å². The number of likely N-dealkylation sites (N-methyl/N-ethyl adjacent to an activating group) is 2. The van der Waals surface area contributed by atoms with Gasteiger partial charge in [-0.1, -0.05) is 13.8 Å². The van der Waals surface area contributed by atoms with Crippen molar-refractivity contribution in [2.75, 3.05) is 27.2 Å². The van der Waals surface area contributed by atoms with Gasteiger partial charge in [-0.15, -0.1) is 0 Å². The Hall–Kier alpha value is -0.410. The third-order valence-corrected chi connectivity index (χ3v) is 0.625. The van der Waals surface area contributed by atoms with E-state index in [-0.39, 0.29) is 0 Å². The van der Waals surface area contributed by atoms with Gasteiger partial charge in [-0.05, 0) is 14.1 Å². The molecule has 0 aromatic rings. The van der Waals surface area contributed by atoms with E-state index in [1.807, 2.05) is 34.7 Å². The number of hydrogen-bond donors (Lipinski definition) is 2. The van der Waals surface area contributed by atoms with Gasteiger partial charge in [0.25, 0.3) is 0 Å². The van der Waals surface area contributed by atoms with Crippen LogP contribution in [0.5, 0.6) is 0 Å². The van der Waals surface area contributed by atoms with E-state index in [1.165, 1.54) is 0 Å². The zero-order valence-corrected chi connectivity index (χ0v) is 7.53. The molecule has 0 saturated carbocycles. The Morgan fingerprint density at radius 3 is 1.30 bits per heavy atom. The maximum absolute atomic E-state index is 8.00. The lowest BCUT2D eigenvalue weighted by Gasteiger charge is -1.92. The first-order valence-electron chi connectivity index (χ1n) is 3.50. The molecule has 0 amide bonds. The summed E-state index contributed by atoms with van der Waals surface area (Å²) in [4.78, 5) is 8.00. The van der Waals surface area contributed by atoms with E-state index in [4.69, 9.17) is 4.79 Å². The highest BCUT2D eigenvalue weighted by Crippen LogP contribution is 1.45. The smallest absolute Gasteiger partial charge is 0.106 e. The largest absolute Gasteiger partial charge is 0.318 e. The standard InChI is InChI=1S/C4H12N2.C2H6.CH2O/c1-5-3-4-6-2;2*1-2/h5-6H,3-4H2,1-2H3;1-2H3;1H2. The van der Waals surface area contributed by atoms with Crippen LogP contribution in [0.2, 0.25) is 0 Å². The lowest BCUT2D eigenvalue weighted by atomic mass is 10.6. The van der Waals surface area contributed by atoms with Gasteiger partial charge >= 0.3 is 0 Å². The fourth-order valence-electron chi connectivity index (χ4n) is 0.250. The predicted molar refractivity (Wildman–Crippen MR) is 46.3 cm³/mol. The SMILES string of the molecule is C=O.CC.CNCCNC. The Labute approximate surface area is 64.2 Å². The second-order valence-electron chi connectivity index (χ2n) is 1.21. The third kappa shape index (κ3) is 49.1. The van der Waals surface area contributed by atoms with Crippen molar-refractivity contribution < 1.29 is 4.79 Å². The normalized spacial score (nSPS) is 6.40. The second-order valence-corrected chi connectivity index (χ2v) is 1.21. The minimum Gasteiger partial charge on any atom is -0.318 e. The van der Waals surface area contributed by atoms with Crippen LogP contribution in [0.4, 0.5) is 0 Å². The van der Waals surface area contributed by atoms with Gasteiger partial charge < -0.3 is 15.4 Å². The number of hydrogen-bond acceptors (Lipinski definition) is 3. The molecule has 0 aliphatic carbocycles. The van der Waals surface area contributed by atoms with E-state index < -0.39 is 0 Å². The first kappa shape index (κ1) is 16.3. The lowest BCUT2D eigenvalue weighted by Crippen LogP contribution is -2.21. The van der Waals surface area contributed by atoms with Crippen molar-refractivity contribution in [3.63, 3.8) is 0 Å². The monoisotopic (exact) mass is 148 g/mol. The molecule has 64 valence electrons. The van der Waals surface area contributed by atoms with Crippen LogP contribution in [0.1, 0.15) is 13.8 Å². The van der Waals surface area contributed by atoms with Crippen LogP contribution in [0.3, 0.4) is 0 Å². The molecule has 0 aromatic carbocycles. The van der Waals surface area contributed by atoms with Gasteiger partial charge in [-0.2, -0.15) is 0 Å². The molecule has 0 radical (unpaired) electrons. The molecule has 0 bridgehead atoms. The van der Waals surface area contributed by atoms with Crippen LogP contribution in [0.15, 0.2) is 0 Å². The number of rotatable bonds is 3. The van der Waals surface area contributed by atoms with Gasteiger partial charge in [0, 0.05) is 13.1 Å². The Morgan fingerprint density at radius 1 is 1.00 bits per heavy atom. The first-order valence-corrected chi connectivity index (χ1v) is 3.50. The summed E-state index contributed by atoms with van der Waals surface area (Å²) in [6, 6.07) is 0. The molecule has 3 heteroatoms. The predicted octanol–water partition coefficient (Wildman–Crippen LogP) is 0.267. The highest BCUT2D eigenvalue weighted by Gasteiger charge is 1.70. The molecular weight excluding hydrogens is 128 g/mol. The zero-order chi connectivity index (χ0) is 8.83. The number of nitrogens with one attached hydrogen (secondary N) is 2. The number of carbonyl (C=O) groups excluding carboxylic acids is 1. The minimum absolute atomic E-state index is 1.05. The van der Waals surface area contributed by atoms with Gasteiger partial charge in [0.2, 0.25) is 0 Å². The molecule has 10 heavy (non-hydrogen) atoms. The molecule has 0 atom stereocenters. The molecule has 0 rings (SSSR count). The third-order valence-electron chi connectivity index (χ3n) is 0.625. The summed E-state index contributed by atoms with van der Waals surface area (Å²) in [7, 11) is 3.88. The van der Waals surface area contributed by atoms with Crippen LogP contribution in [0.25, 0.3) is 0 Å². The van der Waals surface area contributed by atoms with E-state index >= 15 is 0 Å². The average molecular weight is 148 g/mol. The fourth-order valence-corrected chi connectivity index (χ4v) is 0.250. The maximum Gasteiger partial charge on any atom is 0.106 e. The van der Waals surface area contributed by atoms with E-state index in [0.29, 0.717) is 0 Å². The molecule has 0 fully saturated rings. The van der Waals surface area contributed by atoms with Gasteiger partial charge in [-0.3, -0.25) is 0 Å². The Kier molecular flexibility index (Phi) is 62.6. The summed E-state index contributed by atoms with van der Waals surface area (Å²) in [6.45, 7) is 8.10. The van der Waals surface area contributed by atoms with Crippen LogP contribution in [-0.2, 0) is 4.79 Å². The van der Waals surface area contributed by atoms with Gasteiger partial charge in [0.05, 0.1) is 0 Å². The topological polar surface area (TPSA) is 41.1 Å².